The summed E-state index contributed by atoms with van der Waals surface area (Å²) in [5.74, 6) is 1.02. The van der Waals surface area contributed by atoms with E-state index < -0.39 is 0 Å². The molecule has 2 aromatic heterocycles. The minimum atomic E-state index is -0.0679. The normalized spacial score (nSPS) is 10.7. The Kier molecular flexibility index (Phi) is 6.84. The Hall–Kier alpha value is -2.38. The van der Waals surface area contributed by atoms with Crippen molar-refractivity contribution in [1.82, 2.24) is 14.8 Å². The lowest BCUT2D eigenvalue weighted by Gasteiger charge is -2.07. The smallest absolute Gasteiger partial charge is 0.234 e. The number of nitrogens with zero attached hydrogens (tertiary/aromatic N) is 3. The van der Waals surface area contributed by atoms with Crippen LogP contribution in [0.3, 0.4) is 0 Å². The van der Waals surface area contributed by atoms with Crippen molar-refractivity contribution in [2.75, 3.05) is 11.1 Å². The van der Waals surface area contributed by atoms with E-state index in [1.165, 1.54) is 16.6 Å². The second kappa shape index (κ2) is 9.53. The zero-order chi connectivity index (χ0) is 19.1. The van der Waals surface area contributed by atoms with Gasteiger partial charge in [-0.25, -0.2) is 0 Å². The van der Waals surface area contributed by atoms with Crippen molar-refractivity contribution >= 4 is 34.7 Å². The van der Waals surface area contributed by atoms with Gasteiger partial charge in [0.25, 0.3) is 0 Å². The summed E-state index contributed by atoms with van der Waals surface area (Å²) in [6.45, 7) is 6.61. The molecule has 5 nitrogen and oxygen atoms in total. The number of aryl methyl sites for hydroxylation is 1. The van der Waals surface area contributed by atoms with E-state index in [0.717, 1.165) is 35.1 Å². The lowest BCUT2D eigenvalue weighted by atomic mass is 10.2. The lowest BCUT2D eigenvalue weighted by Crippen LogP contribution is -2.14. The molecule has 7 heteroatoms. The van der Waals surface area contributed by atoms with E-state index in [-0.39, 0.29) is 11.7 Å². The van der Waals surface area contributed by atoms with Crippen molar-refractivity contribution in [2.24, 2.45) is 0 Å². The Labute approximate surface area is 167 Å². The second-order valence-electron chi connectivity index (χ2n) is 5.96. The van der Waals surface area contributed by atoms with E-state index in [4.69, 9.17) is 0 Å². The highest BCUT2D eigenvalue weighted by atomic mass is 32.2. The summed E-state index contributed by atoms with van der Waals surface area (Å²) in [6.07, 6.45) is 4.01. The molecule has 0 saturated carbocycles. The van der Waals surface area contributed by atoms with Gasteiger partial charge in [0.05, 0.1) is 5.75 Å². The molecular formula is C20H22N4OS2. The molecule has 0 aliphatic heterocycles. The van der Waals surface area contributed by atoms with E-state index in [9.17, 15) is 4.79 Å². The molecular weight excluding hydrogens is 376 g/mol. The summed E-state index contributed by atoms with van der Waals surface area (Å²) >= 11 is 3.13. The highest BCUT2D eigenvalue weighted by Crippen LogP contribution is 2.28. The first kappa shape index (κ1) is 19.4. The Morgan fingerprint density at radius 3 is 2.89 bits per heavy atom. The summed E-state index contributed by atoms with van der Waals surface area (Å²) in [6, 6.07) is 11.6. The number of amides is 1. The average molecular weight is 399 g/mol. The number of thioether (sulfide) groups is 1. The first-order valence-electron chi connectivity index (χ1n) is 8.80. The van der Waals surface area contributed by atoms with Crippen LogP contribution in [0.5, 0.6) is 0 Å². The predicted molar refractivity (Wildman–Crippen MR) is 113 cm³/mol. The van der Waals surface area contributed by atoms with Crippen molar-refractivity contribution in [3.63, 3.8) is 0 Å². The summed E-state index contributed by atoms with van der Waals surface area (Å²) in [5.41, 5.74) is 1.86. The van der Waals surface area contributed by atoms with Crippen LogP contribution >= 0.6 is 23.1 Å². The summed E-state index contributed by atoms with van der Waals surface area (Å²) in [4.78, 5) is 13.5. The predicted octanol–water partition coefficient (Wildman–Crippen LogP) is 4.88. The van der Waals surface area contributed by atoms with Gasteiger partial charge >= 0.3 is 0 Å². The van der Waals surface area contributed by atoms with Gasteiger partial charge in [-0.2, -0.15) is 0 Å². The number of rotatable bonds is 9. The summed E-state index contributed by atoms with van der Waals surface area (Å²) < 4.78 is 2.01. The number of benzene rings is 1. The number of thiophene rings is 1. The van der Waals surface area contributed by atoms with Crippen LogP contribution in [0.15, 0.2) is 59.6 Å². The highest BCUT2D eigenvalue weighted by Gasteiger charge is 2.16. The van der Waals surface area contributed by atoms with Crippen LogP contribution < -0.4 is 5.32 Å². The van der Waals surface area contributed by atoms with Gasteiger partial charge < -0.3 is 5.32 Å². The van der Waals surface area contributed by atoms with Crippen molar-refractivity contribution in [2.45, 2.75) is 31.5 Å². The maximum absolute atomic E-state index is 12.2. The van der Waals surface area contributed by atoms with Crippen molar-refractivity contribution in [3.05, 3.63) is 59.3 Å². The maximum atomic E-state index is 12.2. The number of nitrogens with one attached hydrogen (secondary N) is 1. The molecule has 3 aromatic rings. The zero-order valence-electron chi connectivity index (χ0n) is 15.2. The van der Waals surface area contributed by atoms with Gasteiger partial charge in [0.15, 0.2) is 11.0 Å². The number of aromatic nitrogens is 3. The van der Waals surface area contributed by atoms with Crippen molar-refractivity contribution in [3.8, 4) is 11.4 Å². The second-order valence-corrected chi connectivity index (χ2v) is 7.90. The number of para-hydroxylation sites is 1. The van der Waals surface area contributed by atoms with Crippen molar-refractivity contribution < 1.29 is 4.79 Å². The zero-order valence-corrected chi connectivity index (χ0v) is 16.9. The Balaban J connectivity index is 1.70. The molecule has 0 fully saturated rings. The molecule has 140 valence electrons. The van der Waals surface area contributed by atoms with E-state index in [1.807, 2.05) is 41.0 Å². The quantitative estimate of drug-likeness (QED) is 0.412. The third-order valence-corrected chi connectivity index (χ3v) is 5.79. The standard InChI is InChI=1S/C20H22N4OS2/c1-3-8-17-12-15(13-26-17)19-22-23-20(24(19)11-4-2)27-14-18(25)21-16-9-6-5-7-10-16/h4-7,9-10,12-13H,2-3,8,11,14H2,1H3,(H,21,25). The molecule has 3 rings (SSSR count). The third kappa shape index (κ3) is 5.08. The monoisotopic (exact) mass is 398 g/mol. The van der Waals surface area contributed by atoms with Crippen LogP contribution in [0.25, 0.3) is 11.4 Å². The van der Waals surface area contributed by atoms with Gasteiger partial charge in [-0.05, 0) is 24.6 Å². The molecule has 0 aliphatic rings. The molecule has 0 radical (unpaired) electrons. The molecule has 0 aliphatic carbocycles. The van der Waals surface area contributed by atoms with E-state index in [1.54, 1.807) is 11.3 Å². The number of carbonyl (C=O) groups excluding carboxylic acids is 1. The number of anilines is 1. The maximum Gasteiger partial charge on any atom is 0.234 e. The fourth-order valence-electron chi connectivity index (χ4n) is 2.63. The molecule has 2 heterocycles. The molecule has 1 N–H and O–H groups in total. The first-order valence-corrected chi connectivity index (χ1v) is 10.7. The Morgan fingerprint density at radius 2 is 2.15 bits per heavy atom. The summed E-state index contributed by atoms with van der Waals surface area (Å²) in [7, 11) is 0. The minimum Gasteiger partial charge on any atom is -0.325 e. The average Bonchev–Trinajstić information content (AvgIpc) is 3.28. The molecule has 0 bridgehead atoms. The van der Waals surface area contributed by atoms with Crippen LogP contribution in [0.2, 0.25) is 0 Å². The molecule has 0 spiro atoms. The highest BCUT2D eigenvalue weighted by molar-refractivity contribution is 7.99. The fourth-order valence-corrected chi connectivity index (χ4v) is 4.34. The van der Waals surface area contributed by atoms with Crippen molar-refractivity contribution in [1.29, 1.82) is 0 Å². The van der Waals surface area contributed by atoms with Gasteiger partial charge in [-0.1, -0.05) is 49.4 Å². The SMILES string of the molecule is C=CCn1c(SCC(=O)Nc2ccccc2)nnc1-c1csc(CCC)c1. The topological polar surface area (TPSA) is 59.8 Å². The van der Waals surface area contributed by atoms with Gasteiger partial charge in [-0.15, -0.1) is 28.1 Å². The number of hydrogen-bond donors (Lipinski definition) is 1. The first-order chi connectivity index (χ1) is 13.2. The number of allylic oxidation sites excluding steroid dienone is 1. The summed E-state index contributed by atoms with van der Waals surface area (Å²) in [5, 5.41) is 14.4. The Bertz CT molecular complexity index is 902. The van der Waals surface area contributed by atoms with Gasteiger partial charge in [0, 0.05) is 28.1 Å². The fraction of sp³-hybridized carbons (Fsp3) is 0.250. The molecule has 0 unspecified atom stereocenters. The third-order valence-electron chi connectivity index (χ3n) is 3.83. The van der Waals surface area contributed by atoms with Gasteiger partial charge in [0.1, 0.15) is 0 Å². The molecule has 0 atom stereocenters. The molecule has 1 amide bonds. The molecule has 1 aromatic carbocycles. The Morgan fingerprint density at radius 1 is 1.33 bits per heavy atom. The van der Waals surface area contributed by atoms with Gasteiger partial charge in [-0.3, -0.25) is 9.36 Å². The van der Waals surface area contributed by atoms with Gasteiger partial charge in [0.2, 0.25) is 5.91 Å². The van der Waals surface area contributed by atoms with Crippen LogP contribution in [-0.4, -0.2) is 26.4 Å². The largest absolute Gasteiger partial charge is 0.325 e. The minimum absolute atomic E-state index is 0.0679. The van der Waals surface area contributed by atoms with E-state index in [0.29, 0.717) is 6.54 Å². The number of carbonyl (C=O) groups is 1. The van der Waals surface area contributed by atoms with E-state index >= 15 is 0 Å². The number of hydrogen-bond acceptors (Lipinski definition) is 5. The lowest BCUT2D eigenvalue weighted by molar-refractivity contribution is -0.113. The van der Waals surface area contributed by atoms with Crippen LogP contribution in [-0.2, 0) is 17.8 Å². The van der Waals surface area contributed by atoms with Crippen LogP contribution in [0, 0.1) is 0 Å². The molecule has 0 saturated heterocycles. The van der Waals surface area contributed by atoms with Crippen LogP contribution in [0.1, 0.15) is 18.2 Å². The van der Waals surface area contributed by atoms with E-state index in [2.05, 4.69) is 40.5 Å². The molecule has 27 heavy (non-hydrogen) atoms. The van der Waals surface area contributed by atoms with Crippen LogP contribution in [0.4, 0.5) is 5.69 Å².